The van der Waals surface area contributed by atoms with E-state index in [0.717, 1.165) is 11.1 Å². The highest BCUT2D eigenvalue weighted by Crippen LogP contribution is 2.34. The number of carboxylic acids is 1. The molecule has 0 bridgehead atoms. The van der Waals surface area contributed by atoms with Gasteiger partial charge in [-0.1, -0.05) is 12.1 Å². The van der Waals surface area contributed by atoms with Crippen LogP contribution in [0.5, 0.6) is 5.75 Å². The molecule has 0 saturated heterocycles. The van der Waals surface area contributed by atoms with E-state index in [0.29, 0.717) is 13.1 Å². The second-order valence-corrected chi connectivity index (χ2v) is 4.76. The van der Waals surface area contributed by atoms with Gasteiger partial charge in [0.05, 0.1) is 5.92 Å². The van der Waals surface area contributed by atoms with Crippen LogP contribution in [0.4, 0.5) is 0 Å². The molecule has 4 heteroatoms. The van der Waals surface area contributed by atoms with Crippen LogP contribution in [-0.4, -0.2) is 33.7 Å². The summed E-state index contributed by atoms with van der Waals surface area (Å²) in [5.74, 6) is -1.19. The lowest BCUT2D eigenvalue weighted by Gasteiger charge is -2.35. The molecule has 92 valence electrons. The van der Waals surface area contributed by atoms with Gasteiger partial charge in [-0.05, 0) is 25.5 Å². The van der Waals surface area contributed by atoms with Gasteiger partial charge >= 0.3 is 5.97 Å². The summed E-state index contributed by atoms with van der Waals surface area (Å²) in [6.07, 6.45) is 0. The first-order valence-electron chi connectivity index (χ1n) is 5.78. The minimum absolute atomic E-state index is 0.194. The van der Waals surface area contributed by atoms with Crippen LogP contribution in [0, 0.1) is 0 Å². The summed E-state index contributed by atoms with van der Waals surface area (Å²) in [4.78, 5) is 13.4. The quantitative estimate of drug-likeness (QED) is 0.820. The lowest BCUT2D eigenvalue weighted by molar-refractivity contribution is -0.139. The van der Waals surface area contributed by atoms with Crippen molar-refractivity contribution in [1.29, 1.82) is 0 Å². The van der Waals surface area contributed by atoms with Crippen LogP contribution >= 0.6 is 0 Å². The van der Waals surface area contributed by atoms with Gasteiger partial charge in [0.25, 0.3) is 0 Å². The Morgan fingerprint density at radius 2 is 2.18 bits per heavy atom. The molecule has 0 saturated carbocycles. The van der Waals surface area contributed by atoms with Crippen LogP contribution in [0.15, 0.2) is 18.2 Å². The van der Waals surface area contributed by atoms with Gasteiger partial charge in [0.15, 0.2) is 0 Å². The molecule has 1 aromatic rings. The average Bonchev–Trinajstić information content (AvgIpc) is 2.28. The first kappa shape index (κ1) is 11.9. The molecule has 1 aromatic carbocycles. The predicted octanol–water partition coefficient (Wildman–Crippen LogP) is 1.78. The number of aliphatic carboxylic acids is 1. The highest BCUT2D eigenvalue weighted by atomic mass is 16.4. The molecular weight excluding hydrogens is 218 g/mol. The van der Waals surface area contributed by atoms with Gasteiger partial charge < -0.3 is 10.2 Å². The normalized spacial score (nSPS) is 20.3. The molecule has 1 aliphatic rings. The van der Waals surface area contributed by atoms with E-state index in [1.807, 2.05) is 13.8 Å². The lowest BCUT2D eigenvalue weighted by atomic mass is 9.88. The zero-order valence-corrected chi connectivity index (χ0v) is 10.1. The number of phenolic OH excluding ortho intramolecular Hbond substituents is 1. The Labute approximate surface area is 100 Å². The smallest absolute Gasteiger partial charge is 0.312 e. The maximum atomic E-state index is 11.3. The van der Waals surface area contributed by atoms with E-state index in [9.17, 15) is 15.0 Å². The summed E-state index contributed by atoms with van der Waals surface area (Å²) in [5.41, 5.74) is 1.49. The molecule has 2 N–H and O–H groups in total. The second kappa shape index (κ2) is 4.37. The summed E-state index contributed by atoms with van der Waals surface area (Å²) in [7, 11) is 0. The van der Waals surface area contributed by atoms with Crippen LogP contribution in [0.3, 0.4) is 0 Å². The lowest BCUT2D eigenvalue weighted by Crippen LogP contribution is -2.40. The number of carboxylic acid groups (broad SMARTS) is 1. The Bertz CT molecular complexity index is 442. The van der Waals surface area contributed by atoms with E-state index in [1.54, 1.807) is 18.2 Å². The summed E-state index contributed by atoms with van der Waals surface area (Å²) >= 11 is 0. The Hall–Kier alpha value is -1.55. The van der Waals surface area contributed by atoms with E-state index in [-0.39, 0.29) is 11.8 Å². The highest BCUT2D eigenvalue weighted by molar-refractivity contribution is 5.77. The van der Waals surface area contributed by atoms with Gasteiger partial charge in [-0.2, -0.15) is 0 Å². The standard InChI is InChI=1S/C13H17NO3/c1-8(2)14-6-10-9(4-3-5-12(10)15)11(7-14)13(16)17/h3-5,8,11,15H,6-7H2,1-2H3,(H,16,17). The Morgan fingerprint density at radius 3 is 2.76 bits per heavy atom. The minimum Gasteiger partial charge on any atom is -0.508 e. The fourth-order valence-electron chi connectivity index (χ4n) is 2.30. The number of fused-ring (bicyclic) bond motifs is 1. The SMILES string of the molecule is CC(C)N1Cc2c(O)cccc2C(C(=O)O)C1. The van der Waals surface area contributed by atoms with Crippen LogP contribution in [0.1, 0.15) is 30.9 Å². The third kappa shape index (κ3) is 2.13. The molecule has 17 heavy (non-hydrogen) atoms. The van der Waals surface area contributed by atoms with Crippen molar-refractivity contribution in [3.05, 3.63) is 29.3 Å². The molecule has 2 rings (SSSR count). The minimum atomic E-state index is -0.831. The Kier molecular flexibility index (Phi) is 3.07. The molecule has 4 nitrogen and oxygen atoms in total. The molecule has 1 unspecified atom stereocenters. The summed E-state index contributed by atoms with van der Waals surface area (Å²) < 4.78 is 0. The van der Waals surface area contributed by atoms with Gasteiger partial charge in [-0.15, -0.1) is 0 Å². The van der Waals surface area contributed by atoms with Crippen molar-refractivity contribution in [2.75, 3.05) is 6.54 Å². The molecule has 1 heterocycles. The van der Waals surface area contributed by atoms with Gasteiger partial charge in [-0.3, -0.25) is 9.69 Å². The summed E-state index contributed by atoms with van der Waals surface area (Å²) in [6.45, 7) is 5.18. The van der Waals surface area contributed by atoms with Crippen LogP contribution in [0.2, 0.25) is 0 Å². The fourth-order valence-corrected chi connectivity index (χ4v) is 2.30. The fraction of sp³-hybridized carbons (Fsp3) is 0.462. The van der Waals surface area contributed by atoms with Crippen LogP contribution < -0.4 is 0 Å². The first-order valence-corrected chi connectivity index (χ1v) is 5.78. The maximum absolute atomic E-state index is 11.3. The Balaban J connectivity index is 2.45. The van der Waals surface area contributed by atoms with E-state index in [1.165, 1.54) is 0 Å². The van der Waals surface area contributed by atoms with Crippen molar-refractivity contribution in [2.24, 2.45) is 0 Å². The summed E-state index contributed by atoms with van der Waals surface area (Å²) in [6, 6.07) is 5.38. The van der Waals surface area contributed by atoms with Crippen molar-refractivity contribution in [3.8, 4) is 5.75 Å². The predicted molar refractivity (Wildman–Crippen MR) is 64.0 cm³/mol. The molecule has 0 aromatic heterocycles. The van der Waals surface area contributed by atoms with Gasteiger partial charge in [0.2, 0.25) is 0 Å². The molecule has 1 aliphatic heterocycles. The third-order valence-electron chi connectivity index (χ3n) is 3.37. The number of phenols is 1. The summed E-state index contributed by atoms with van der Waals surface area (Å²) in [5, 5.41) is 19.1. The number of carbonyl (C=O) groups is 1. The van der Waals surface area contributed by atoms with Crippen LogP contribution in [0.25, 0.3) is 0 Å². The number of nitrogens with zero attached hydrogens (tertiary/aromatic N) is 1. The van der Waals surface area contributed by atoms with Gasteiger partial charge in [-0.25, -0.2) is 0 Å². The number of rotatable bonds is 2. The topological polar surface area (TPSA) is 60.8 Å². The largest absolute Gasteiger partial charge is 0.508 e. The average molecular weight is 235 g/mol. The zero-order chi connectivity index (χ0) is 12.6. The van der Waals surface area contributed by atoms with E-state index < -0.39 is 11.9 Å². The van der Waals surface area contributed by atoms with Crippen molar-refractivity contribution in [1.82, 2.24) is 4.90 Å². The zero-order valence-electron chi connectivity index (χ0n) is 10.1. The highest BCUT2D eigenvalue weighted by Gasteiger charge is 2.32. The molecule has 1 atom stereocenters. The Morgan fingerprint density at radius 1 is 1.47 bits per heavy atom. The number of hydrogen-bond acceptors (Lipinski definition) is 3. The van der Waals surface area contributed by atoms with Gasteiger partial charge in [0.1, 0.15) is 5.75 Å². The van der Waals surface area contributed by atoms with Crippen LogP contribution in [-0.2, 0) is 11.3 Å². The first-order chi connectivity index (χ1) is 8.00. The van der Waals surface area contributed by atoms with Crippen molar-refractivity contribution in [2.45, 2.75) is 32.4 Å². The van der Waals surface area contributed by atoms with E-state index in [2.05, 4.69) is 4.90 Å². The molecule has 0 amide bonds. The molecule has 0 fully saturated rings. The van der Waals surface area contributed by atoms with Crippen molar-refractivity contribution < 1.29 is 15.0 Å². The van der Waals surface area contributed by atoms with Crippen molar-refractivity contribution >= 4 is 5.97 Å². The second-order valence-electron chi connectivity index (χ2n) is 4.76. The third-order valence-corrected chi connectivity index (χ3v) is 3.37. The van der Waals surface area contributed by atoms with Crippen molar-refractivity contribution in [3.63, 3.8) is 0 Å². The maximum Gasteiger partial charge on any atom is 0.312 e. The number of aromatic hydroxyl groups is 1. The number of benzene rings is 1. The number of hydrogen-bond donors (Lipinski definition) is 2. The van der Waals surface area contributed by atoms with Gasteiger partial charge in [0, 0.05) is 24.7 Å². The molecule has 0 spiro atoms. The molecule has 0 aliphatic carbocycles. The monoisotopic (exact) mass is 235 g/mol. The van der Waals surface area contributed by atoms with E-state index in [4.69, 9.17) is 0 Å². The molecular formula is C13H17NO3. The van der Waals surface area contributed by atoms with E-state index >= 15 is 0 Å². The molecule has 0 radical (unpaired) electrons.